The van der Waals surface area contributed by atoms with E-state index in [4.69, 9.17) is 0 Å². The number of hydrogen-bond donors (Lipinski definition) is 1. The topological polar surface area (TPSA) is 51.2 Å². The fraction of sp³-hybridized carbons (Fsp3) is 0.333. The second-order valence-electron chi connectivity index (χ2n) is 3.60. The van der Waals surface area contributed by atoms with Crippen molar-refractivity contribution in [1.82, 2.24) is 4.98 Å². The van der Waals surface area contributed by atoms with Crippen LogP contribution >= 0.6 is 22.7 Å². The highest BCUT2D eigenvalue weighted by atomic mass is 32.1. The monoisotopic (exact) mass is 282 g/mol. The Balaban J connectivity index is 1.98. The average Bonchev–Trinajstić information content (AvgIpc) is 3.03. The smallest absolute Gasteiger partial charge is 0.349 e. The molecule has 0 fully saturated rings. The summed E-state index contributed by atoms with van der Waals surface area (Å²) in [5, 5.41) is 6.07. The molecule has 0 aliphatic rings. The lowest BCUT2D eigenvalue weighted by molar-refractivity contribution is 0.0606. The van der Waals surface area contributed by atoms with Gasteiger partial charge >= 0.3 is 5.97 Å². The molecule has 1 N–H and O–H groups in total. The third-order valence-electron chi connectivity index (χ3n) is 2.51. The first kappa shape index (κ1) is 13.0. The van der Waals surface area contributed by atoms with Crippen molar-refractivity contribution in [2.24, 2.45) is 0 Å². The third-order valence-corrected chi connectivity index (χ3v) is 4.41. The number of ether oxygens (including phenoxy) is 1. The summed E-state index contributed by atoms with van der Waals surface area (Å²) in [5.74, 6) is -0.342. The SMILES string of the molecule is CCc1ccsc1CNc1ncc(C(=O)OC)s1. The van der Waals surface area contributed by atoms with Gasteiger partial charge in [0.25, 0.3) is 0 Å². The van der Waals surface area contributed by atoms with E-state index in [2.05, 4.69) is 33.4 Å². The lowest BCUT2D eigenvalue weighted by Gasteiger charge is -2.02. The number of aromatic nitrogens is 1. The number of rotatable bonds is 5. The maximum Gasteiger partial charge on any atom is 0.349 e. The molecule has 6 heteroatoms. The van der Waals surface area contributed by atoms with Crippen LogP contribution in [0.2, 0.25) is 0 Å². The lowest BCUT2D eigenvalue weighted by atomic mass is 10.2. The molecule has 96 valence electrons. The number of nitrogens with zero attached hydrogens (tertiary/aromatic N) is 1. The van der Waals surface area contributed by atoms with Crippen molar-refractivity contribution in [1.29, 1.82) is 0 Å². The Kier molecular flexibility index (Phi) is 4.33. The molecule has 0 saturated carbocycles. The maximum absolute atomic E-state index is 11.3. The van der Waals surface area contributed by atoms with E-state index in [1.165, 1.54) is 35.1 Å². The first-order chi connectivity index (χ1) is 8.74. The predicted molar refractivity (Wildman–Crippen MR) is 74.5 cm³/mol. The molecule has 18 heavy (non-hydrogen) atoms. The van der Waals surface area contributed by atoms with Crippen LogP contribution in [0.5, 0.6) is 0 Å². The van der Waals surface area contributed by atoms with E-state index in [0.29, 0.717) is 4.88 Å². The van der Waals surface area contributed by atoms with Crippen molar-refractivity contribution >= 4 is 33.8 Å². The summed E-state index contributed by atoms with van der Waals surface area (Å²) in [6.07, 6.45) is 2.57. The van der Waals surface area contributed by atoms with Gasteiger partial charge in [-0.05, 0) is 23.4 Å². The van der Waals surface area contributed by atoms with Crippen molar-refractivity contribution in [2.75, 3.05) is 12.4 Å². The average molecular weight is 282 g/mol. The van der Waals surface area contributed by atoms with Gasteiger partial charge in [-0.2, -0.15) is 0 Å². The quantitative estimate of drug-likeness (QED) is 0.856. The largest absolute Gasteiger partial charge is 0.465 e. The first-order valence-electron chi connectivity index (χ1n) is 5.57. The molecule has 2 rings (SSSR count). The molecule has 0 aromatic carbocycles. The van der Waals surface area contributed by atoms with Gasteiger partial charge in [-0.25, -0.2) is 9.78 Å². The zero-order chi connectivity index (χ0) is 13.0. The number of carbonyl (C=O) groups excluding carboxylic acids is 1. The zero-order valence-electron chi connectivity index (χ0n) is 10.2. The van der Waals surface area contributed by atoms with Crippen LogP contribution in [-0.4, -0.2) is 18.1 Å². The Morgan fingerprint density at radius 2 is 2.39 bits per heavy atom. The number of anilines is 1. The number of carbonyl (C=O) groups is 1. The van der Waals surface area contributed by atoms with Crippen LogP contribution in [0.4, 0.5) is 5.13 Å². The zero-order valence-corrected chi connectivity index (χ0v) is 11.9. The Labute approximate surface area is 114 Å². The molecule has 0 amide bonds. The number of nitrogens with one attached hydrogen (secondary N) is 1. The number of hydrogen-bond acceptors (Lipinski definition) is 6. The molecule has 0 spiro atoms. The number of aryl methyl sites for hydroxylation is 1. The van der Waals surface area contributed by atoms with Gasteiger partial charge in [-0.1, -0.05) is 18.3 Å². The molecule has 4 nitrogen and oxygen atoms in total. The third kappa shape index (κ3) is 2.88. The number of thiazole rings is 1. The fourth-order valence-electron chi connectivity index (χ4n) is 1.54. The van der Waals surface area contributed by atoms with Crippen LogP contribution in [0.1, 0.15) is 27.0 Å². The molecular weight excluding hydrogens is 268 g/mol. The number of methoxy groups -OCH3 is 1. The van der Waals surface area contributed by atoms with E-state index in [1.54, 1.807) is 11.3 Å². The van der Waals surface area contributed by atoms with Gasteiger partial charge in [0.15, 0.2) is 5.13 Å². The van der Waals surface area contributed by atoms with Crippen LogP contribution in [-0.2, 0) is 17.7 Å². The van der Waals surface area contributed by atoms with Crippen LogP contribution in [0.15, 0.2) is 17.6 Å². The second-order valence-corrected chi connectivity index (χ2v) is 5.63. The minimum Gasteiger partial charge on any atom is -0.465 e. The van der Waals surface area contributed by atoms with E-state index in [9.17, 15) is 4.79 Å². The van der Waals surface area contributed by atoms with Gasteiger partial charge in [0.2, 0.25) is 0 Å². The van der Waals surface area contributed by atoms with Gasteiger partial charge in [-0.3, -0.25) is 0 Å². The molecule has 0 aliphatic heterocycles. The van der Waals surface area contributed by atoms with Gasteiger partial charge in [0, 0.05) is 4.88 Å². The number of esters is 1. The maximum atomic E-state index is 11.3. The fourth-order valence-corrected chi connectivity index (χ4v) is 3.19. The van der Waals surface area contributed by atoms with E-state index in [1.807, 2.05) is 0 Å². The van der Waals surface area contributed by atoms with Crippen molar-refractivity contribution in [3.8, 4) is 0 Å². The highest BCUT2D eigenvalue weighted by molar-refractivity contribution is 7.17. The van der Waals surface area contributed by atoms with Crippen molar-refractivity contribution < 1.29 is 9.53 Å². The number of thiophene rings is 1. The molecular formula is C12H14N2O2S2. The van der Waals surface area contributed by atoms with Crippen molar-refractivity contribution in [3.63, 3.8) is 0 Å². The first-order valence-corrected chi connectivity index (χ1v) is 7.27. The van der Waals surface area contributed by atoms with Gasteiger partial charge in [0.1, 0.15) is 4.88 Å². The van der Waals surface area contributed by atoms with Crippen LogP contribution < -0.4 is 5.32 Å². The molecule has 0 radical (unpaired) electrons. The Morgan fingerprint density at radius 3 is 3.11 bits per heavy atom. The summed E-state index contributed by atoms with van der Waals surface area (Å²) >= 11 is 3.04. The highest BCUT2D eigenvalue weighted by Crippen LogP contribution is 2.22. The Morgan fingerprint density at radius 1 is 1.56 bits per heavy atom. The van der Waals surface area contributed by atoms with Gasteiger partial charge in [0.05, 0.1) is 19.9 Å². The summed E-state index contributed by atoms with van der Waals surface area (Å²) in [4.78, 5) is 17.3. The van der Waals surface area contributed by atoms with Crippen LogP contribution in [0, 0.1) is 0 Å². The minimum absolute atomic E-state index is 0.342. The molecule has 0 atom stereocenters. The van der Waals surface area contributed by atoms with E-state index >= 15 is 0 Å². The van der Waals surface area contributed by atoms with Gasteiger partial charge < -0.3 is 10.1 Å². The summed E-state index contributed by atoms with van der Waals surface area (Å²) in [5.41, 5.74) is 1.36. The molecule has 0 unspecified atom stereocenters. The standard InChI is InChI=1S/C12H14N2O2S2/c1-3-8-4-5-17-9(8)6-13-12-14-7-10(18-12)11(15)16-2/h4-5,7H,3,6H2,1-2H3,(H,13,14). The van der Waals surface area contributed by atoms with Crippen molar-refractivity contribution in [2.45, 2.75) is 19.9 Å². The second kappa shape index (κ2) is 5.97. The Bertz CT molecular complexity index is 534. The highest BCUT2D eigenvalue weighted by Gasteiger charge is 2.10. The van der Waals surface area contributed by atoms with Crippen molar-refractivity contribution in [3.05, 3.63) is 33.0 Å². The molecule has 2 aromatic heterocycles. The normalized spacial score (nSPS) is 10.3. The lowest BCUT2D eigenvalue weighted by Crippen LogP contribution is -1.99. The molecule has 2 aromatic rings. The summed E-state index contributed by atoms with van der Waals surface area (Å²) < 4.78 is 4.64. The molecule has 0 bridgehead atoms. The Hall–Kier alpha value is -1.40. The van der Waals surface area contributed by atoms with E-state index in [-0.39, 0.29) is 5.97 Å². The van der Waals surface area contributed by atoms with E-state index < -0.39 is 0 Å². The molecule has 2 heterocycles. The van der Waals surface area contributed by atoms with E-state index in [0.717, 1.165) is 18.1 Å². The van der Waals surface area contributed by atoms with Gasteiger partial charge in [-0.15, -0.1) is 11.3 Å². The minimum atomic E-state index is -0.342. The summed E-state index contributed by atoms with van der Waals surface area (Å²) in [6.45, 7) is 2.89. The summed E-state index contributed by atoms with van der Waals surface area (Å²) in [6, 6.07) is 2.14. The molecule has 0 saturated heterocycles. The van der Waals surface area contributed by atoms with Crippen LogP contribution in [0.25, 0.3) is 0 Å². The predicted octanol–water partition coefficient (Wildman–Crippen LogP) is 3.17. The van der Waals surface area contributed by atoms with Crippen LogP contribution in [0.3, 0.4) is 0 Å². The molecule has 0 aliphatic carbocycles. The summed E-state index contributed by atoms with van der Waals surface area (Å²) in [7, 11) is 1.37.